The van der Waals surface area contributed by atoms with Gasteiger partial charge in [-0.1, -0.05) is 19.4 Å². The molecule has 0 saturated carbocycles. The Kier molecular flexibility index (Phi) is 6.71. The molecule has 1 rings (SSSR count). The number of carbonyl (C=O) groups excluding carboxylic acids is 1. The lowest BCUT2D eigenvalue weighted by atomic mass is 10.1. The van der Waals surface area contributed by atoms with Crippen molar-refractivity contribution in [3.05, 3.63) is 29.8 Å². The molecule has 1 atom stereocenters. The molecule has 128 valence electrons. The van der Waals surface area contributed by atoms with Gasteiger partial charge in [-0.3, -0.25) is 4.79 Å². The van der Waals surface area contributed by atoms with Crippen molar-refractivity contribution < 1.29 is 23.1 Å². The summed E-state index contributed by atoms with van der Waals surface area (Å²) in [6, 6.07) is 4.21. The van der Waals surface area contributed by atoms with Crippen LogP contribution >= 0.6 is 0 Å². The number of rotatable bonds is 8. The van der Waals surface area contributed by atoms with Crippen molar-refractivity contribution in [2.45, 2.75) is 50.6 Å². The second-order valence-corrected chi connectivity index (χ2v) is 7.17. The lowest BCUT2D eigenvalue weighted by Gasteiger charge is -2.14. The summed E-state index contributed by atoms with van der Waals surface area (Å²) in [5.74, 6) is -1.74. The molecule has 23 heavy (non-hydrogen) atoms. The molecule has 3 N–H and O–H groups in total. The summed E-state index contributed by atoms with van der Waals surface area (Å²) in [4.78, 5) is 23.2. The van der Waals surface area contributed by atoms with Gasteiger partial charge in [0.05, 0.1) is 4.90 Å². The first-order valence-electron chi connectivity index (χ1n) is 7.33. The van der Waals surface area contributed by atoms with Gasteiger partial charge in [0.15, 0.2) is 0 Å². The third-order valence-corrected chi connectivity index (χ3v) is 4.63. The molecule has 1 aromatic rings. The second-order valence-electron chi connectivity index (χ2n) is 5.46. The van der Waals surface area contributed by atoms with E-state index in [0.717, 1.165) is 0 Å². The zero-order valence-electron chi connectivity index (χ0n) is 13.4. The van der Waals surface area contributed by atoms with Crippen molar-refractivity contribution in [3.63, 3.8) is 0 Å². The van der Waals surface area contributed by atoms with Crippen LogP contribution in [0.5, 0.6) is 0 Å². The maximum Gasteiger partial charge on any atom is 0.326 e. The zero-order valence-corrected chi connectivity index (χ0v) is 14.2. The van der Waals surface area contributed by atoms with Crippen molar-refractivity contribution in [1.82, 2.24) is 10.0 Å². The summed E-state index contributed by atoms with van der Waals surface area (Å²) in [6.45, 7) is 5.19. The lowest BCUT2D eigenvalue weighted by Crippen LogP contribution is -2.40. The van der Waals surface area contributed by atoms with Crippen LogP contribution in [0.2, 0.25) is 0 Å². The predicted octanol–water partition coefficient (Wildman–Crippen LogP) is 1.36. The van der Waals surface area contributed by atoms with E-state index >= 15 is 0 Å². The molecule has 0 radical (unpaired) electrons. The highest BCUT2D eigenvalue weighted by Gasteiger charge is 2.21. The van der Waals surface area contributed by atoms with Gasteiger partial charge in [0.2, 0.25) is 10.0 Å². The first-order valence-corrected chi connectivity index (χ1v) is 8.81. The number of carbonyl (C=O) groups is 2. The van der Waals surface area contributed by atoms with E-state index in [1.807, 2.05) is 6.92 Å². The summed E-state index contributed by atoms with van der Waals surface area (Å²) in [5.41, 5.74) is 0.0963. The molecule has 0 aliphatic carbocycles. The molecule has 0 aliphatic heterocycles. The predicted molar refractivity (Wildman–Crippen MR) is 85.7 cm³/mol. The average Bonchev–Trinajstić information content (AvgIpc) is 2.45. The molecule has 1 aromatic carbocycles. The highest BCUT2D eigenvalue weighted by atomic mass is 32.2. The first kappa shape index (κ1) is 19.1. The number of benzene rings is 1. The van der Waals surface area contributed by atoms with Crippen molar-refractivity contribution in [1.29, 1.82) is 0 Å². The smallest absolute Gasteiger partial charge is 0.326 e. The van der Waals surface area contributed by atoms with Crippen molar-refractivity contribution in [3.8, 4) is 0 Å². The Bertz CT molecular complexity index is 670. The Morgan fingerprint density at radius 3 is 2.43 bits per heavy atom. The van der Waals surface area contributed by atoms with Gasteiger partial charge in [0.1, 0.15) is 6.04 Å². The van der Waals surface area contributed by atoms with E-state index in [0.29, 0.717) is 12.8 Å². The summed E-state index contributed by atoms with van der Waals surface area (Å²) < 4.78 is 26.7. The van der Waals surface area contributed by atoms with Gasteiger partial charge in [0, 0.05) is 11.6 Å². The summed E-state index contributed by atoms with van der Waals surface area (Å²) in [7, 11) is -3.72. The fraction of sp³-hybridized carbons (Fsp3) is 0.467. The number of carboxylic acids is 1. The molecule has 0 fully saturated rings. The van der Waals surface area contributed by atoms with Gasteiger partial charge in [-0.05, 0) is 38.5 Å². The molecule has 0 aromatic heterocycles. The van der Waals surface area contributed by atoms with Crippen molar-refractivity contribution in [2.24, 2.45) is 0 Å². The van der Waals surface area contributed by atoms with E-state index in [-0.39, 0.29) is 16.5 Å². The van der Waals surface area contributed by atoms with Crippen LogP contribution in [0.25, 0.3) is 0 Å². The average molecular weight is 342 g/mol. The highest BCUT2D eigenvalue weighted by molar-refractivity contribution is 7.89. The molecule has 7 nitrogen and oxygen atoms in total. The molecular formula is C15H22N2O5S. The number of nitrogens with one attached hydrogen (secondary N) is 2. The van der Waals surface area contributed by atoms with Crippen LogP contribution in [0.15, 0.2) is 29.2 Å². The monoisotopic (exact) mass is 342 g/mol. The van der Waals surface area contributed by atoms with E-state index < -0.39 is 27.9 Å². The Morgan fingerprint density at radius 2 is 1.91 bits per heavy atom. The number of hydrogen-bond donors (Lipinski definition) is 3. The molecule has 1 amide bonds. The lowest BCUT2D eigenvalue weighted by molar-refractivity contribution is -0.139. The van der Waals surface area contributed by atoms with Crippen molar-refractivity contribution >= 4 is 21.9 Å². The van der Waals surface area contributed by atoms with Gasteiger partial charge in [-0.2, -0.15) is 0 Å². The fourth-order valence-corrected chi connectivity index (χ4v) is 3.27. The molecule has 0 spiro atoms. The van der Waals surface area contributed by atoms with Crippen LogP contribution in [-0.4, -0.2) is 37.5 Å². The minimum atomic E-state index is -3.72. The Labute approximate surface area is 136 Å². The Balaban J connectivity index is 3.00. The number of aliphatic carboxylic acids is 1. The molecular weight excluding hydrogens is 320 g/mol. The van der Waals surface area contributed by atoms with Crippen LogP contribution in [0.3, 0.4) is 0 Å². The van der Waals surface area contributed by atoms with E-state index in [2.05, 4.69) is 10.0 Å². The van der Waals surface area contributed by atoms with Gasteiger partial charge >= 0.3 is 5.97 Å². The molecule has 0 bridgehead atoms. The molecule has 8 heteroatoms. The third kappa shape index (κ3) is 5.65. The minimum absolute atomic E-state index is 0.0405. The largest absolute Gasteiger partial charge is 0.480 e. The number of amides is 1. The van der Waals surface area contributed by atoms with E-state index in [9.17, 15) is 18.0 Å². The standard InChI is InChI=1S/C15H22N2O5S/c1-4-6-13(15(19)20)16-14(18)11-7-5-8-12(9-11)23(21,22)17-10(2)3/h5,7-10,13,17H,4,6H2,1-3H3,(H,16,18)(H,19,20). The normalized spacial score (nSPS) is 12.9. The van der Waals surface area contributed by atoms with E-state index in [1.54, 1.807) is 13.8 Å². The maximum atomic E-state index is 12.1. The Hall–Kier alpha value is -1.93. The van der Waals surface area contributed by atoms with E-state index in [1.165, 1.54) is 24.3 Å². The summed E-state index contributed by atoms with van der Waals surface area (Å²) in [6.07, 6.45) is 0.901. The number of hydrogen-bond acceptors (Lipinski definition) is 4. The van der Waals surface area contributed by atoms with Gasteiger partial charge in [-0.15, -0.1) is 0 Å². The van der Waals surface area contributed by atoms with Crippen LogP contribution in [-0.2, 0) is 14.8 Å². The maximum absolute atomic E-state index is 12.1. The number of carboxylic acid groups (broad SMARTS) is 1. The van der Waals surface area contributed by atoms with Crippen molar-refractivity contribution in [2.75, 3.05) is 0 Å². The molecule has 0 aliphatic rings. The van der Waals surface area contributed by atoms with Crippen LogP contribution in [0.1, 0.15) is 44.0 Å². The molecule has 0 saturated heterocycles. The van der Waals surface area contributed by atoms with Crippen LogP contribution in [0, 0.1) is 0 Å². The molecule has 1 unspecified atom stereocenters. The Morgan fingerprint density at radius 1 is 1.26 bits per heavy atom. The highest BCUT2D eigenvalue weighted by Crippen LogP contribution is 2.12. The van der Waals surface area contributed by atoms with Gasteiger partial charge in [-0.25, -0.2) is 17.9 Å². The fourth-order valence-electron chi connectivity index (χ4n) is 1.97. The topological polar surface area (TPSA) is 113 Å². The zero-order chi connectivity index (χ0) is 17.6. The second kappa shape index (κ2) is 8.07. The summed E-state index contributed by atoms with van der Waals surface area (Å²) >= 11 is 0. The third-order valence-electron chi connectivity index (χ3n) is 2.98. The van der Waals surface area contributed by atoms with Gasteiger partial charge < -0.3 is 10.4 Å². The minimum Gasteiger partial charge on any atom is -0.480 e. The quantitative estimate of drug-likeness (QED) is 0.660. The molecule has 0 heterocycles. The first-order chi connectivity index (χ1) is 10.7. The van der Waals surface area contributed by atoms with Gasteiger partial charge in [0.25, 0.3) is 5.91 Å². The van der Waals surface area contributed by atoms with Crippen LogP contribution < -0.4 is 10.0 Å². The van der Waals surface area contributed by atoms with E-state index in [4.69, 9.17) is 5.11 Å². The van der Waals surface area contributed by atoms with Crippen LogP contribution in [0.4, 0.5) is 0 Å². The summed E-state index contributed by atoms with van der Waals surface area (Å²) in [5, 5.41) is 11.5. The SMILES string of the molecule is CCCC(NC(=O)c1cccc(S(=O)(=O)NC(C)C)c1)C(=O)O. The number of sulfonamides is 1.